The van der Waals surface area contributed by atoms with Gasteiger partial charge in [-0.1, -0.05) is 11.8 Å². The van der Waals surface area contributed by atoms with Crippen LogP contribution in [0.2, 0.25) is 0 Å². The number of carbonyl (C=O) groups is 1. The molecule has 7 heteroatoms. The Balaban J connectivity index is 1.60. The quantitative estimate of drug-likeness (QED) is 0.824. The zero-order valence-corrected chi connectivity index (χ0v) is 14.3. The fourth-order valence-electron chi connectivity index (χ4n) is 2.26. The van der Waals surface area contributed by atoms with Crippen LogP contribution in [-0.4, -0.2) is 33.0 Å². The van der Waals surface area contributed by atoms with Gasteiger partial charge < -0.3 is 14.6 Å². The number of hydrogen-bond donors (Lipinski definition) is 1. The third kappa shape index (κ3) is 3.67. The first-order valence-corrected chi connectivity index (χ1v) is 8.47. The fraction of sp³-hybridized carbons (Fsp3) is 0.438. The molecule has 1 atom stereocenters. The topological polar surface area (TPSA) is 69.0 Å². The molecule has 0 aliphatic heterocycles. The largest absolute Gasteiger partial charge is 0.497 e. The van der Waals surface area contributed by atoms with Crippen molar-refractivity contribution in [3.05, 3.63) is 30.1 Å². The van der Waals surface area contributed by atoms with E-state index in [0.717, 1.165) is 22.4 Å². The number of amides is 1. The predicted molar refractivity (Wildman–Crippen MR) is 89.9 cm³/mol. The second kappa shape index (κ2) is 6.62. The standard InChI is InChI=1S/C16H20N4O2S/c1-10(15(21)17-12-6-8-13(22-3)9-7-12)23-16-19-18-14(20(16)2)11-4-5-11/h6-11H,4-5H2,1-3H3,(H,17,21)/t10-/m0/s1. The molecule has 0 spiro atoms. The second-order valence-corrected chi connectivity index (χ2v) is 6.96. The molecule has 1 aliphatic carbocycles. The number of ether oxygens (including phenoxy) is 1. The van der Waals surface area contributed by atoms with Crippen molar-refractivity contribution >= 4 is 23.4 Å². The first kappa shape index (κ1) is 15.9. The van der Waals surface area contributed by atoms with Gasteiger partial charge in [-0.2, -0.15) is 0 Å². The highest BCUT2D eigenvalue weighted by Crippen LogP contribution is 2.39. The summed E-state index contributed by atoms with van der Waals surface area (Å²) in [5.41, 5.74) is 0.750. The van der Waals surface area contributed by atoms with Gasteiger partial charge in [0.25, 0.3) is 0 Å². The number of carbonyl (C=O) groups excluding carboxylic acids is 1. The minimum atomic E-state index is -0.257. The Morgan fingerprint density at radius 3 is 2.65 bits per heavy atom. The molecule has 1 aromatic heterocycles. The molecule has 1 saturated carbocycles. The Labute approximate surface area is 139 Å². The van der Waals surface area contributed by atoms with E-state index >= 15 is 0 Å². The molecule has 1 fully saturated rings. The van der Waals surface area contributed by atoms with E-state index in [1.807, 2.05) is 42.8 Å². The molecule has 0 bridgehead atoms. The summed E-state index contributed by atoms with van der Waals surface area (Å²) in [7, 11) is 3.58. The SMILES string of the molecule is COc1ccc(NC(=O)[C@H](C)Sc2nnc(C3CC3)n2C)cc1. The number of rotatable bonds is 6. The van der Waals surface area contributed by atoms with Gasteiger partial charge in [-0.05, 0) is 44.0 Å². The molecular formula is C16H20N4O2S. The van der Waals surface area contributed by atoms with E-state index in [2.05, 4.69) is 15.5 Å². The number of hydrogen-bond acceptors (Lipinski definition) is 5. The summed E-state index contributed by atoms with van der Waals surface area (Å²) >= 11 is 1.42. The summed E-state index contributed by atoms with van der Waals surface area (Å²) in [6.07, 6.45) is 2.37. The average molecular weight is 332 g/mol. The number of aromatic nitrogens is 3. The molecule has 2 aromatic rings. The summed E-state index contributed by atoms with van der Waals surface area (Å²) in [6, 6.07) is 7.28. The third-order valence-electron chi connectivity index (χ3n) is 3.82. The lowest BCUT2D eigenvalue weighted by Gasteiger charge is -2.12. The molecule has 1 heterocycles. The molecule has 0 unspecified atom stereocenters. The molecule has 0 saturated heterocycles. The number of thioether (sulfide) groups is 1. The van der Waals surface area contributed by atoms with Crippen LogP contribution < -0.4 is 10.1 Å². The van der Waals surface area contributed by atoms with Crippen molar-refractivity contribution in [2.45, 2.75) is 36.1 Å². The molecule has 23 heavy (non-hydrogen) atoms. The molecule has 1 aliphatic rings. The highest BCUT2D eigenvalue weighted by Gasteiger charge is 2.30. The van der Waals surface area contributed by atoms with Crippen LogP contribution in [0.1, 0.15) is 31.5 Å². The van der Waals surface area contributed by atoms with Crippen LogP contribution in [-0.2, 0) is 11.8 Å². The number of methoxy groups -OCH3 is 1. The summed E-state index contributed by atoms with van der Waals surface area (Å²) in [4.78, 5) is 12.3. The maximum atomic E-state index is 12.3. The molecule has 1 amide bonds. The van der Waals surface area contributed by atoms with E-state index in [9.17, 15) is 4.79 Å². The van der Waals surface area contributed by atoms with Crippen LogP contribution in [0.25, 0.3) is 0 Å². The van der Waals surface area contributed by atoms with Crippen molar-refractivity contribution in [2.75, 3.05) is 12.4 Å². The maximum Gasteiger partial charge on any atom is 0.237 e. The zero-order valence-electron chi connectivity index (χ0n) is 13.4. The van der Waals surface area contributed by atoms with E-state index in [4.69, 9.17) is 4.74 Å². The van der Waals surface area contributed by atoms with E-state index in [0.29, 0.717) is 5.92 Å². The highest BCUT2D eigenvalue weighted by molar-refractivity contribution is 8.00. The van der Waals surface area contributed by atoms with Crippen molar-refractivity contribution in [1.82, 2.24) is 14.8 Å². The molecule has 1 N–H and O–H groups in total. The molecular weight excluding hydrogens is 312 g/mol. The van der Waals surface area contributed by atoms with Gasteiger partial charge in [0, 0.05) is 18.7 Å². The van der Waals surface area contributed by atoms with E-state index in [-0.39, 0.29) is 11.2 Å². The molecule has 122 valence electrons. The molecule has 1 aromatic carbocycles. The normalized spacial score (nSPS) is 15.3. The van der Waals surface area contributed by atoms with E-state index in [1.165, 1.54) is 24.6 Å². The highest BCUT2D eigenvalue weighted by atomic mass is 32.2. The van der Waals surface area contributed by atoms with Gasteiger partial charge in [0.15, 0.2) is 5.16 Å². The summed E-state index contributed by atoms with van der Waals surface area (Å²) in [5.74, 6) is 2.27. The van der Waals surface area contributed by atoms with Crippen LogP contribution in [0.15, 0.2) is 29.4 Å². The summed E-state index contributed by atoms with van der Waals surface area (Å²) < 4.78 is 7.11. The van der Waals surface area contributed by atoms with Crippen LogP contribution >= 0.6 is 11.8 Å². The van der Waals surface area contributed by atoms with Gasteiger partial charge in [-0.15, -0.1) is 10.2 Å². The number of benzene rings is 1. The number of anilines is 1. The Morgan fingerprint density at radius 2 is 2.04 bits per heavy atom. The minimum Gasteiger partial charge on any atom is -0.497 e. The number of nitrogens with zero attached hydrogens (tertiary/aromatic N) is 3. The summed E-state index contributed by atoms with van der Waals surface area (Å²) in [5, 5.41) is 11.9. The van der Waals surface area contributed by atoms with Crippen LogP contribution in [0.4, 0.5) is 5.69 Å². The van der Waals surface area contributed by atoms with E-state index < -0.39 is 0 Å². The lowest BCUT2D eigenvalue weighted by molar-refractivity contribution is -0.115. The van der Waals surface area contributed by atoms with Crippen molar-refractivity contribution in [3.8, 4) is 5.75 Å². The Morgan fingerprint density at radius 1 is 1.35 bits per heavy atom. The summed E-state index contributed by atoms with van der Waals surface area (Å²) in [6.45, 7) is 1.87. The second-order valence-electron chi connectivity index (χ2n) is 5.65. The Kier molecular flexibility index (Phi) is 4.56. The number of nitrogens with one attached hydrogen (secondary N) is 1. The van der Waals surface area contributed by atoms with Crippen LogP contribution in [0.3, 0.4) is 0 Å². The van der Waals surface area contributed by atoms with Crippen molar-refractivity contribution in [3.63, 3.8) is 0 Å². The zero-order chi connectivity index (χ0) is 16.4. The van der Waals surface area contributed by atoms with Crippen molar-refractivity contribution < 1.29 is 9.53 Å². The molecule has 0 radical (unpaired) electrons. The van der Waals surface area contributed by atoms with Gasteiger partial charge in [0.05, 0.1) is 12.4 Å². The minimum absolute atomic E-state index is 0.0591. The lowest BCUT2D eigenvalue weighted by Crippen LogP contribution is -2.22. The van der Waals surface area contributed by atoms with Crippen molar-refractivity contribution in [1.29, 1.82) is 0 Å². The van der Waals surface area contributed by atoms with Gasteiger partial charge in [-0.25, -0.2) is 0 Å². The van der Waals surface area contributed by atoms with Crippen LogP contribution in [0.5, 0.6) is 5.75 Å². The fourth-order valence-corrected chi connectivity index (χ4v) is 3.08. The smallest absolute Gasteiger partial charge is 0.237 e. The average Bonchev–Trinajstić information content (AvgIpc) is 3.33. The molecule has 6 nitrogen and oxygen atoms in total. The predicted octanol–water partition coefficient (Wildman–Crippen LogP) is 2.82. The van der Waals surface area contributed by atoms with E-state index in [1.54, 1.807) is 7.11 Å². The first-order valence-electron chi connectivity index (χ1n) is 7.59. The molecule has 3 rings (SSSR count). The monoisotopic (exact) mass is 332 g/mol. The van der Waals surface area contributed by atoms with Crippen LogP contribution in [0, 0.1) is 0 Å². The van der Waals surface area contributed by atoms with Gasteiger partial charge in [0.2, 0.25) is 5.91 Å². The van der Waals surface area contributed by atoms with Gasteiger partial charge in [-0.3, -0.25) is 4.79 Å². The van der Waals surface area contributed by atoms with Crippen molar-refractivity contribution in [2.24, 2.45) is 7.05 Å². The third-order valence-corrected chi connectivity index (χ3v) is 4.95. The van der Waals surface area contributed by atoms with Gasteiger partial charge in [0.1, 0.15) is 11.6 Å². The first-order chi connectivity index (χ1) is 11.1. The lowest BCUT2D eigenvalue weighted by atomic mass is 10.3. The van der Waals surface area contributed by atoms with Gasteiger partial charge >= 0.3 is 0 Å². The Hall–Kier alpha value is -2.02. The maximum absolute atomic E-state index is 12.3. The Bertz CT molecular complexity index is 695.